The van der Waals surface area contributed by atoms with Crippen molar-refractivity contribution in [1.29, 1.82) is 0 Å². The van der Waals surface area contributed by atoms with E-state index >= 15 is 0 Å². The van der Waals surface area contributed by atoms with Crippen LogP contribution in [0.1, 0.15) is 0 Å². The maximum absolute atomic E-state index is 5.67. The van der Waals surface area contributed by atoms with Gasteiger partial charge in [0.05, 0.1) is 0 Å². The number of aromatic nitrogens is 15. The van der Waals surface area contributed by atoms with Crippen LogP contribution in [0, 0.1) is 0 Å². The van der Waals surface area contributed by atoms with Crippen LogP contribution in [0.2, 0.25) is 0 Å². The van der Waals surface area contributed by atoms with Crippen LogP contribution in [0.15, 0.2) is 91.0 Å². The van der Waals surface area contributed by atoms with Gasteiger partial charge in [-0.3, -0.25) is 0 Å². The number of rotatable bonds is 17. The lowest BCUT2D eigenvalue weighted by molar-refractivity contribution is 0.173. The van der Waals surface area contributed by atoms with Gasteiger partial charge in [0.15, 0.2) is 57.5 Å². The zero-order chi connectivity index (χ0) is 72.0. The summed E-state index contributed by atoms with van der Waals surface area (Å²) >= 11 is 0. The van der Waals surface area contributed by atoms with Gasteiger partial charge in [0, 0.05) is 143 Å². The molecule has 532 valence electrons. The molecule has 0 saturated carbocycles. The van der Waals surface area contributed by atoms with Gasteiger partial charge in [0.2, 0.25) is 123 Å². The summed E-state index contributed by atoms with van der Waals surface area (Å²) < 4.78 is 53.0. The van der Waals surface area contributed by atoms with Crippen molar-refractivity contribution in [3.8, 4) is 57.5 Å². The molecule has 0 amide bonds. The zero-order valence-electron chi connectivity index (χ0n) is 57.5. The molecule has 0 unspecified atom stereocenters. The molecule has 5 aromatic carbocycles. The first kappa shape index (κ1) is 69.5. The van der Waals surface area contributed by atoms with Crippen LogP contribution in [0.5, 0.6) is 57.5 Å². The molecule has 5 aliphatic rings. The summed E-state index contributed by atoms with van der Waals surface area (Å²) in [5.41, 5.74) is 21.0. The fraction of sp³-hybridized carbons (Fsp3) is 0.274. The Labute approximate surface area is 583 Å². The predicted octanol–water partition coefficient (Wildman–Crippen LogP) is 5.88. The molecule has 5 aliphatic heterocycles. The quantitative estimate of drug-likeness (QED) is 0.0508. The van der Waals surface area contributed by atoms with E-state index in [-0.39, 0.29) is 51.8 Å². The van der Waals surface area contributed by atoms with E-state index in [2.05, 4.69) is 112 Å². The van der Waals surface area contributed by atoms with Crippen molar-refractivity contribution >= 4 is 118 Å². The van der Waals surface area contributed by atoms with Gasteiger partial charge < -0.3 is 126 Å². The van der Waals surface area contributed by atoms with Crippen molar-refractivity contribution < 1.29 is 47.4 Å². The molecule has 13 N–H and O–H groups in total. The van der Waals surface area contributed by atoms with E-state index < -0.39 is 0 Å². The summed E-state index contributed by atoms with van der Waals surface area (Å²) in [6.45, 7) is 1.22. The number of nitrogen functional groups attached to an aromatic ring is 3. The molecule has 40 nitrogen and oxygen atoms in total. The summed E-state index contributed by atoms with van der Waals surface area (Å²) in [6.07, 6.45) is 0. The molecule has 0 aliphatic carbocycles. The summed E-state index contributed by atoms with van der Waals surface area (Å²) in [5, 5.41) is 21.0. The molecule has 10 aromatic rings. The first-order valence-electron chi connectivity index (χ1n) is 30.8. The molecule has 102 heavy (non-hydrogen) atoms. The molecule has 0 radical (unpaired) electrons. The second kappa shape index (κ2) is 31.6. The minimum Gasteiger partial charge on any atom is -0.454 e. The highest BCUT2D eigenvalue weighted by molar-refractivity contribution is 5.67. The molecular formula is C62H74N30O10. The van der Waals surface area contributed by atoms with Crippen molar-refractivity contribution in [2.24, 2.45) is 0 Å². The largest absolute Gasteiger partial charge is 0.454 e. The van der Waals surface area contributed by atoms with E-state index in [4.69, 9.17) is 64.6 Å². The first-order valence-corrected chi connectivity index (χ1v) is 30.8. The lowest BCUT2D eigenvalue weighted by Gasteiger charge is -2.18. The average molecular weight is 1400 g/mol. The van der Waals surface area contributed by atoms with Crippen LogP contribution in [-0.4, -0.2) is 193 Å². The van der Waals surface area contributed by atoms with E-state index in [1.807, 2.05) is 163 Å². The summed E-state index contributed by atoms with van der Waals surface area (Å²) in [6, 6.07) is 27.7. The molecule has 0 atom stereocenters. The number of benzene rings is 5. The maximum atomic E-state index is 5.67. The van der Waals surface area contributed by atoms with Crippen LogP contribution in [-0.2, 0) is 0 Å². The average Bonchev–Trinajstić information content (AvgIpc) is 1.74. The lowest BCUT2D eigenvalue weighted by Crippen LogP contribution is -2.19. The van der Waals surface area contributed by atoms with Gasteiger partial charge in [0.1, 0.15) is 0 Å². The molecule has 0 fully saturated rings. The Hall–Kier alpha value is -13.9. The zero-order valence-corrected chi connectivity index (χ0v) is 57.5. The van der Waals surface area contributed by atoms with E-state index in [0.29, 0.717) is 100 Å². The van der Waals surface area contributed by atoms with Crippen LogP contribution in [0.25, 0.3) is 0 Å². The normalized spacial score (nSPS) is 12.2. The minimum absolute atomic E-state index is 0.141. The predicted molar refractivity (Wildman–Crippen MR) is 382 cm³/mol. The molecule has 0 bridgehead atoms. The Bertz CT molecular complexity index is 4560. The third kappa shape index (κ3) is 17.8. The highest BCUT2D eigenvalue weighted by atomic mass is 16.7. The van der Waals surface area contributed by atoms with Gasteiger partial charge in [-0.15, -0.1) is 0 Å². The Morgan fingerprint density at radius 2 is 0.510 bits per heavy atom. The van der Waals surface area contributed by atoms with Crippen LogP contribution in [0.4, 0.5) is 118 Å². The smallest absolute Gasteiger partial charge is 0.236 e. The van der Waals surface area contributed by atoms with Crippen molar-refractivity contribution in [3.05, 3.63) is 91.0 Å². The molecule has 10 heterocycles. The van der Waals surface area contributed by atoms with E-state index in [1.165, 1.54) is 0 Å². The van der Waals surface area contributed by atoms with Crippen LogP contribution >= 0.6 is 0 Å². The van der Waals surface area contributed by atoms with Gasteiger partial charge in [-0.05, 0) is 60.7 Å². The molecule has 0 spiro atoms. The number of anilines is 20. The molecular weight excluding hydrogens is 1320 g/mol. The first-order chi connectivity index (χ1) is 49.2. The van der Waals surface area contributed by atoms with Crippen LogP contribution < -0.4 is 126 Å². The van der Waals surface area contributed by atoms with Gasteiger partial charge in [-0.25, -0.2) is 0 Å². The number of hydrogen-bond donors (Lipinski definition) is 10. The van der Waals surface area contributed by atoms with E-state index in [9.17, 15) is 0 Å². The fourth-order valence-corrected chi connectivity index (χ4v) is 9.00. The second-order valence-corrected chi connectivity index (χ2v) is 22.2. The van der Waals surface area contributed by atoms with E-state index in [0.717, 1.165) is 57.2 Å². The fourth-order valence-electron chi connectivity index (χ4n) is 9.00. The summed E-state index contributed by atoms with van der Waals surface area (Å²) in [7, 11) is 22.0. The van der Waals surface area contributed by atoms with Crippen molar-refractivity contribution in [3.63, 3.8) is 0 Å². The number of nitrogens with zero attached hydrogens (tertiary/aromatic N) is 20. The Morgan fingerprint density at radius 3 is 0.882 bits per heavy atom. The second-order valence-electron chi connectivity index (χ2n) is 22.2. The molecule has 5 aromatic heterocycles. The van der Waals surface area contributed by atoms with E-state index in [1.54, 1.807) is 37.0 Å². The Kier molecular flexibility index (Phi) is 21.5. The van der Waals surface area contributed by atoms with Gasteiger partial charge in [-0.2, -0.15) is 74.8 Å². The summed E-state index contributed by atoms with van der Waals surface area (Å²) in [4.78, 5) is 71.8. The topological polar surface area (TPSA) is 464 Å². The number of nitrogens with two attached hydrogens (primary N) is 3. The van der Waals surface area contributed by atoms with Crippen molar-refractivity contribution in [1.82, 2.24) is 74.8 Å². The van der Waals surface area contributed by atoms with Gasteiger partial charge >= 0.3 is 0 Å². The number of nitrogens with one attached hydrogen (secondary N) is 7. The lowest BCUT2D eigenvalue weighted by atomic mass is 10.2. The number of fused-ring (bicyclic) bond motifs is 5. The highest BCUT2D eigenvalue weighted by Crippen LogP contribution is 2.40. The standard InChI is InChI=1S/C14H18N6O2.C13H16N6O2.2C12H14N6O2.C11H12N6O2/c1-19(2)13-16-12(17-14(18-13)20(3)4)15-9-5-6-10-11(7-9)22-8-21-10;1-14-11-16-12(18-13(17-11)19(2)3)15-8-4-5-9-10(6-8)21-7-20-9;1-18(2)12-16-10(13)15-11(17-12)14-7-3-4-8-9(5-7)20-6-19-8;1-14-11-15-10(13)16-12(17-11)18(2)7-3-4-8-9(5-7)20-6-19-8;1-13-10-15-9(12)16-11(17-10)14-6-2-3-7-8(4-6)19-5-18-7/h5-7H,8H2,1-4H3,(H,15,16,17,18);4-6H,7H2,1-3H3,(H2,14,15,16,17,18);2*3-5H,6H2,1-2H3,(H3,13,14,15,16,17);2-4H,5H2,1H3,(H4,12,13,14,15,16,17). The van der Waals surface area contributed by atoms with Gasteiger partial charge in [0.25, 0.3) is 0 Å². The van der Waals surface area contributed by atoms with Gasteiger partial charge in [-0.1, -0.05) is 0 Å². The Balaban J connectivity index is 0.000000128. The monoisotopic (exact) mass is 1400 g/mol. The van der Waals surface area contributed by atoms with Crippen molar-refractivity contribution in [2.45, 2.75) is 0 Å². The Morgan fingerprint density at radius 1 is 0.265 bits per heavy atom. The molecule has 15 rings (SSSR count). The minimum atomic E-state index is 0.141. The maximum Gasteiger partial charge on any atom is 0.236 e. The van der Waals surface area contributed by atoms with Crippen LogP contribution in [0.3, 0.4) is 0 Å². The third-order valence-corrected chi connectivity index (χ3v) is 14.0. The SMILES string of the molecule is CN(C)c1nc(N)nc(Nc2ccc3c(c2)OCO3)n1.CN(C)c1nc(Nc2ccc3c(c2)OCO3)nc(N(C)C)n1.CNc1nc(N)nc(N(C)c2ccc3c(c2)OCO3)n1.CNc1nc(N)nc(Nc2ccc3c(c2)OCO3)n1.CNc1nc(Nc2ccc3c(c2)OCO3)nc(N(C)C)n1. The summed E-state index contributed by atoms with van der Waals surface area (Å²) in [5.74, 6) is 13.2. The number of ether oxygens (including phenoxy) is 10. The molecule has 0 saturated heterocycles. The molecule has 40 heteroatoms. The number of hydrogen-bond acceptors (Lipinski definition) is 40. The third-order valence-electron chi connectivity index (χ3n) is 14.0. The highest BCUT2D eigenvalue weighted by Gasteiger charge is 2.21. The van der Waals surface area contributed by atoms with Crippen molar-refractivity contribution in [2.75, 3.05) is 197 Å².